The molecule has 0 radical (unpaired) electrons. The Hall–Kier alpha value is -2.49. The monoisotopic (exact) mass is 447 g/mol. The van der Waals surface area contributed by atoms with Crippen LogP contribution in [0.15, 0.2) is 30.2 Å². The zero-order valence-corrected chi connectivity index (χ0v) is 18.9. The van der Waals surface area contributed by atoms with Gasteiger partial charge in [0.1, 0.15) is 0 Å². The molecule has 3 N–H and O–H groups in total. The maximum Gasteiger partial charge on any atom is 0.253 e. The predicted octanol–water partition coefficient (Wildman–Crippen LogP) is 3.26. The number of aromatic nitrogens is 1. The summed E-state index contributed by atoms with van der Waals surface area (Å²) in [6.45, 7) is 6.34. The number of anilines is 2. The van der Waals surface area contributed by atoms with E-state index in [1.54, 1.807) is 18.4 Å². The van der Waals surface area contributed by atoms with E-state index in [0.717, 1.165) is 35.9 Å². The molecule has 9 heteroatoms. The molecule has 0 saturated carbocycles. The van der Waals surface area contributed by atoms with Gasteiger partial charge in [-0.2, -0.15) is 0 Å². The van der Waals surface area contributed by atoms with Crippen molar-refractivity contribution in [3.63, 3.8) is 0 Å². The van der Waals surface area contributed by atoms with Crippen LogP contribution in [0.5, 0.6) is 0 Å². The van der Waals surface area contributed by atoms with Crippen LogP contribution in [0.25, 0.3) is 5.70 Å². The number of nitrogens with zero attached hydrogens (tertiary/aromatic N) is 2. The molecular formula is C22H30FN5O2S. The average Bonchev–Trinajstić information content (AvgIpc) is 3.44. The fourth-order valence-corrected chi connectivity index (χ4v) is 4.31. The number of benzene rings is 1. The van der Waals surface area contributed by atoms with E-state index in [4.69, 9.17) is 9.72 Å². The van der Waals surface area contributed by atoms with E-state index in [-0.39, 0.29) is 12.0 Å². The number of ether oxygens (including phenoxy) is 1. The van der Waals surface area contributed by atoms with Gasteiger partial charge < -0.3 is 25.6 Å². The molecule has 7 nitrogen and oxygen atoms in total. The summed E-state index contributed by atoms with van der Waals surface area (Å²) < 4.78 is 17.8. The first-order valence-electron chi connectivity index (χ1n) is 10.4. The molecule has 2 heterocycles. The number of alkyl halides is 1. The second-order valence-electron chi connectivity index (χ2n) is 7.42. The largest absolute Gasteiger partial charge is 0.380 e. The van der Waals surface area contributed by atoms with Crippen LogP contribution in [-0.4, -0.2) is 57.5 Å². The summed E-state index contributed by atoms with van der Waals surface area (Å²) in [5, 5.41) is 12.0. The average molecular weight is 448 g/mol. The van der Waals surface area contributed by atoms with Gasteiger partial charge in [-0.3, -0.25) is 9.18 Å². The van der Waals surface area contributed by atoms with Crippen molar-refractivity contribution < 1.29 is 13.9 Å². The number of carbonyl (C=O) groups is 1. The number of hydrogen-bond acceptors (Lipinski definition) is 7. The predicted molar refractivity (Wildman–Crippen MR) is 125 cm³/mol. The molecule has 3 rings (SSSR count). The molecule has 2 aromatic rings. The molecule has 31 heavy (non-hydrogen) atoms. The Kier molecular flexibility index (Phi) is 8.39. The lowest BCUT2D eigenvalue weighted by Gasteiger charge is -2.15. The van der Waals surface area contributed by atoms with Crippen molar-refractivity contribution in [1.29, 1.82) is 0 Å². The lowest BCUT2D eigenvalue weighted by molar-refractivity contribution is 0.0953. The third-order valence-corrected chi connectivity index (χ3v) is 6.04. The first-order valence-corrected chi connectivity index (χ1v) is 11.2. The third-order valence-electron chi connectivity index (χ3n) is 5.14. The van der Waals surface area contributed by atoms with Gasteiger partial charge >= 0.3 is 0 Å². The third kappa shape index (κ3) is 6.03. The van der Waals surface area contributed by atoms with Gasteiger partial charge in [0.05, 0.1) is 35.4 Å². The number of rotatable bonds is 11. The van der Waals surface area contributed by atoms with Crippen LogP contribution in [-0.2, 0) is 11.3 Å². The van der Waals surface area contributed by atoms with Crippen LogP contribution < -0.4 is 20.9 Å². The smallest absolute Gasteiger partial charge is 0.253 e. The summed E-state index contributed by atoms with van der Waals surface area (Å²) in [6, 6.07) is 5.64. The van der Waals surface area contributed by atoms with Crippen molar-refractivity contribution in [3.8, 4) is 0 Å². The molecule has 1 aromatic heterocycles. The van der Waals surface area contributed by atoms with E-state index in [1.165, 1.54) is 0 Å². The molecule has 0 aliphatic carbocycles. The van der Waals surface area contributed by atoms with Crippen LogP contribution in [0.1, 0.15) is 34.5 Å². The fraction of sp³-hybridized carbons (Fsp3) is 0.455. The molecule has 0 unspecified atom stereocenters. The molecule has 168 valence electrons. The van der Waals surface area contributed by atoms with Crippen molar-refractivity contribution in [2.75, 3.05) is 50.7 Å². The Morgan fingerprint density at radius 1 is 1.45 bits per heavy atom. The quantitative estimate of drug-likeness (QED) is 0.459. The van der Waals surface area contributed by atoms with Gasteiger partial charge in [-0.25, -0.2) is 4.98 Å². The van der Waals surface area contributed by atoms with Gasteiger partial charge in [-0.05, 0) is 37.6 Å². The second kappa shape index (κ2) is 11.2. The van der Waals surface area contributed by atoms with Crippen molar-refractivity contribution in [3.05, 3.63) is 47.0 Å². The first-order chi connectivity index (χ1) is 15.0. The zero-order chi connectivity index (χ0) is 22.2. The zero-order valence-electron chi connectivity index (χ0n) is 18.0. The van der Waals surface area contributed by atoms with E-state index < -0.39 is 6.67 Å². The number of thiazole rings is 1. The van der Waals surface area contributed by atoms with Gasteiger partial charge in [-0.1, -0.05) is 12.6 Å². The summed E-state index contributed by atoms with van der Waals surface area (Å²) >= 11 is 1.57. The Labute approximate surface area is 186 Å². The molecule has 1 aliphatic heterocycles. The summed E-state index contributed by atoms with van der Waals surface area (Å²) in [4.78, 5) is 19.6. The fourth-order valence-electron chi connectivity index (χ4n) is 3.44. The topological polar surface area (TPSA) is 78.5 Å². The summed E-state index contributed by atoms with van der Waals surface area (Å²) in [6.07, 6.45) is 1.52. The molecule has 0 spiro atoms. The van der Waals surface area contributed by atoms with Gasteiger partial charge in [0.2, 0.25) is 0 Å². The summed E-state index contributed by atoms with van der Waals surface area (Å²) in [5.41, 5.74) is 3.46. The van der Waals surface area contributed by atoms with Crippen molar-refractivity contribution in [2.45, 2.75) is 25.5 Å². The lowest BCUT2D eigenvalue weighted by Crippen LogP contribution is -2.26. The highest BCUT2D eigenvalue weighted by Gasteiger charge is 2.24. The SMILES string of the molecule is C=C(Nc1ccc(CNC)cc1C(=O)NCCCF)c1csc(N2CC[C@H](OC)C2)n1. The van der Waals surface area contributed by atoms with Crippen LogP contribution in [0.3, 0.4) is 0 Å². The molecule has 1 amide bonds. The minimum absolute atomic E-state index is 0.239. The van der Waals surface area contributed by atoms with Crippen molar-refractivity contribution in [2.24, 2.45) is 0 Å². The molecule has 1 atom stereocenters. The molecule has 1 saturated heterocycles. The molecule has 1 aliphatic rings. The van der Waals surface area contributed by atoms with Gasteiger partial charge in [0, 0.05) is 38.7 Å². The van der Waals surface area contributed by atoms with Crippen LogP contribution in [0.4, 0.5) is 15.2 Å². The van der Waals surface area contributed by atoms with E-state index >= 15 is 0 Å². The van der Waals surface area contributed by atoms with Crippen molar-refractivity contribution >= 4 is 33.8 Å². The van der Waals surface area contributed by atoms with E-state index in [0.29, 0.717) is 36.5 Å². The number of halogens is 1. The van der Waals surface area contributed by atoms with Crippen LogP contribution in [0, 0.1) is 0 Å². The minimum Gasteiger partial charge on any atom is -0.380 e. The normalized spacial score (nSPS) is 15.8. The standard InChI is InChI=1S/C22H30FN5O2S/c1-15(20-14-31-22(27-20)28-10-7-17(13-28)30-3)26-19-6-5-16(12-24-2)11-18(19)21(29)25-9-4-8-23/h5-6,11,14,17,24,26H,1,4,7-10,12-13H2,2-3H3,(H,25,29)/t17-/m0/s1. The maximum absolute atomic E-state index is 12.7. The van der Waals surface area contributed by atoms with Gasteiger partial charge in [0.15, 0.2) is 5.13 Å². The van der Waals surface area contributed by atoms with Gasteiger partial charge in [0.25, 0.3) is 5.91 Å². The van der Waals surface area contributed by atoms with Crippen LogP contribution >= 0.6 is 11.3 Å². The summed E-state index contributed by atoms with van der Waals surface area (Å²) in [7, 11) is 3.59. The van der Waals surface area contributed by atoms with E-state index in [1.807, 2.05) is 30.6 Å². The first kappa shape index (κ1) is 23.2. The summed E-state index contributed by atoms with van der Waals surface area (Å²) in [5.74, 6) is -0.247. The Balaban J connectivity index is 1.73. The maximum atomic E-state index is 12.7. The van der Waals surface area contributed by atoms with E-state index in [2.05, 4.69) is 27.4 Å². The lowest BCUT2D eigenvalue weighted by atomic mass is 10.1. The Morgan fingerprint density at radius 3 is 3.00 bits per heavy atom. The Bertz CT molecular complexity index is 904. The number of carbonyl (C=O) groups excluding carboxylic acids is 1. The number of nitrogens with one attached hydrogen (secondary N) is 3. The minimum atomic E-state index is -0.462. The van der Waals surface area contributed by atoms with Gasteiger partial charge in [-0.15, -0.1) is 11.3 Å². The van der Waals surface area contributed by atoms with Crippen LogP contribution in [0.2, 0.25) is 0 Å². The molecular weight excluding hydrogens is 417 g/mol. The highest BCUT2D eigenvalue weighted by molar-refractivity contribution is 7.13. The Morgan fingerprint density at radius 2 is 2.29 bits per heavy atom. The number of methoxy groups -OCH3 is 1. The number of hydrogen-bond donors (Lipinski definition) is 3. The highest BCUT2D eigenvalue weighted by atomic mass is 32.1. The second-order valence-corrected chi connectivity index (χ2v) is 8.26. The molecule has 0 bridgehead atoms. The molecule has 1 fully saturated rings. The van der Waals surface area contributed by atoms with Crippen molar-refractivity contribution in [1.82, 2.24) is 15.6 Å². The molecule has 1 aromatic carbocycles. The number of amides is 1. The highest BCUT2D eigenvalue weighted by Crippen LogP contribution is 2.29. The van der Waals surface area contributed by atoms with E-state index in [9.17, 15) is 9.18 Å².